The van der Waals surface area contributed by atoms with E-state index in [1.54, 1.807) is 11.8 Å². The molecule has 2 rings (SSSR count). The summed E-state index contributed by atoms with van der Waals surface area (Å²) in [5.41, 5.74) is 6.44. The number of amides is 2. The van der Waals surface area contributed by atoms with Gasteiger partial charge in [-0.1, -0.05) is 18.2 Å². The summed E-state index contributed by atoms with van der Waals surface area (Å²) in [7, 11) is 0. The normalized spacial score (nSPS) is 20.4. The summed E-state index contributed by atoms with van der Waals surface area (Å²) in [6.07, 6.45) is 0.882. The Labute approximate surface area is 112 Å². The summed E-state index contributed by atoms with van der Waals surface area (Å²) >= 11 is 0. The molecular formula is C14H19N3O2. The highest BCUT2D eigenvalue weighted by molar-refractivity contribution is 6.01. The van der Waals surface area contributed by atoms with Crippen LogP contribution in [0, 0.1) is 0 Å². The van der Waals surface area contributed by atoms with Crippen molar-refractivity contribution in [2.24, 2.45) is 5.73 Å². The Balaban J connectivity index is 1.97. The Morgan fingerprint density at radius 2 is 2.16 bits per heavy atom. The van der Waals surface area contributed by atoms with Gasteiger partial charge in [0.15, 0.2) is 0 Å². The van der Waals surface area contributed by atoms with Crippen molar-refractivity contribution in [3.05, 3.63) is 30.3 Å². The minimum Gasteiger partial charge on any atom is -0.344 e. The molecule has 0 radical (unpaired) electrons. The van der Waals surface area contributed by atoms with Crippen molar-refractivity contribution in [3.63, 3.8) is 0 Å². The van der Waals surface area contributed by atoms with Gasteiger partial charge in [-0.25, -0.2) is 0 Å². The summed E-state index contributed by atoms with van der Waals surface area (Å²) in [5, 5.41) is 2.75. The fraction of sp³-hybridized carbons (Fsp3) is 0.429. The Bertz CT molecular complexity index is 459. The second kappa shape index (κ2) is 5.84. The highest BCUT2D eigenvalue weighted by Crippen LogP contribution is 2.21. The molecule has 19 heavy (non-hydrogen) atoms. The smallest absolute Gasteiger partial charge is 0.249 e. The number of nitrogens with two attached hydrogens (primary N) is 1. The number of nitrogens with zero attached hydrogens (tertiary/aromatic N) is 1. The summed E-state index contributed by atoms with van der Waals surface area (Å²) in [6, 6.07) is 8.86. The van der Waals surface area contributed by atoms with E-state index in [0.29, 0.717) is 13.0 Å². The Kier molecular flexibility index (Phi) is 4.16. The molecule has 0 aliphatic carbocycles. The van der Waals surface area contributed by atoms with Gasteiger partial charge in [0.1, 0.15) is 6.04 Å². The standard InChI is InChI=1S/C14H19N3O2/c1-10(15)9-13(18)16-12-7-8-17(14(12)19)11-5-3-2-4-6-11/h2-6,10,12H,7-9,15H2,1H3,(H,16,18). The number of anilines is 1. The fourth-order valence-electron chi connectivity index (χ4n) is 2.22. The van der Waals surface area contributed by atoms with E-state index in [9.17, 15) is 9.59 Å². The van der Waals surface area contributed by atoms with E-state index in [1.807, 2.05) is 30.3 Å². The first-order valence-electron chi connectivity index (χ1n) is 6.49. The lowest BCUT2D eigenvalue weighted by atomic mass is 10.2. The lowest BCUT2D eigenvalue weighted by molar-refractivity contribution is -0.126. The van der Waals surface area contributed by atoms with Gasteiger partial charge in [0.25, 0.3) is 0 Å². The van der Waals surface area contributed by atoms with Gasteiger partial charge in [0.2, 0.25) is 11.8 Å². The van der Waals surface area contributed by atoms with Crippen LogP contribution < -0.4 is 16.0 Å². The zero-order chi connectivity index (χ0) is 13.8. The first-order valence-corrected chi connectivity index (χ1v) is 6.49. The summed E-state index contributed by atoms with van der Waals surface area (Å²) in [5.74, 6) is -0.215. The van der Waals surface area contributed by atoms with E-state index >= 15 is 0 Å². The topological polar surface area (TPSA) is 75.4 Å². The van der Waals surface area contributed by atoms with E-state index < -0.39 is 6.04 Å². The van der Waals surface area contributed by atoms with Crippen LogP contribution in [0.1, 0.15) is 19.8 Å². The number of rotatable bonds is 4. The van der Waals surface area contributed by atoms with Crippen molar-refractivity contribution in [2.75, 3.05) is 11.4 Å². The van der Waals surface area contributed by atoms with Crippen LogP contribution in [0.3, 0.4) is 0 Å². The number of hydrogen-bond acceptors (Lipinski definition) is 3. The number of carbonyl (C=O) groups excluding carboxylic acids is 2. The predicted molar refractivity (Wildman–Crippen MR) is 73.6 cm³/mol. The Morgan fingerprint density at radius 1 is 1.47 bits per heavy atom. The molecule has 5 nitrogen and oxygen atoms in total. The average Bonchev–Trinajstić information content (AvgIpc) is 2.71. The molecule has 1 saturated heterocycles. The van der Waals surface area contributed by atoms with Gasteiger partial charge in [-0.05, 0) is 25.5 Å². The monoisotopic (exact) mass is 261 g/mol. The van der Waals surface area contributed by atoms with Crippen LogP contribution in [-0.4, -0.2) is 30.4 Å². The second-order valence-electron chi connectivity index (χ2n) is 4.92. The molecule has 0 spiro atoms. The van der Waals surface area contributed by atoms with E-state index in [-0.39, 0.29) is 24.3 Å². The van der Waals surface area contributed by atoms with E-state index in [1.165, 1.54) is 0 Å². The van der Waals surface area contributed by atoms with Crippen LogP contribution in [0.5, 0.6) is 0 Å². The number of carbonyl (C=O) groups is 2. The largest absolute Gasteiger partial charge is 0.344 e. The van der Waals surface area contributed by atoms with Crippen molar-refractivity contribution >= 4 is 17.5 Å². The molecule has 0 aromatic heterocycles. The molecule has 1 heterocycles. The first kappa shape index (κ1) is 13.5. The van der Waals surface area contributed by atoms with Gasteiger partial charge in [0.05, 0.1) is 0 Å². The molecule has 3 N–H and O–H groups in total. The van der Waals surface area contributed by atoms with Crippen molar-refractivity contribution in [3.8, 4) is 0 Å². The van der Waals surface area contributed by atoms with Gasteiger partial charge in [-0.15, -0.1) is 0 Å². The average molecular weight is 261 g/mol. The van der Waals surface area contributed by atoms with Crippen LogP contribution in [0.25, 0.3) is 0 Å². The van der Waals surface area contributed by atoms with Crippen molar-refractivity contribution in [1.29, 1.82) is 0 Å². The quantitative estimate of drug-likeness (QED) is 0.835. The molecule has 2 atom stereocenters. The predicted octanol–water partition coefficient (Wildman–Crippen LogP) is 0.645. The van der Waals surface area contributed by atoms with Crippen molar-refractivity contribution in [2.45, 2.75) is 31.8 Å². The highest BCUT2D eigenvalue weighted by atomic mass is 16.2. The number of benzene rings is 1. The zero-order valence-corrected chi connectivity index (χ0v) is 11.0. The van der Waals surface area contributed by atoms with Gasteiger partial charge in [-0.2, -0.15) is 0 Å². The van der Waals surface area contributed by atoms with Crippen molar-refractivity contribution in [1.82, 2.24) is 5.32 Å². The lowest BCUT2D eigenvalue weighted by Crippen LogP contribution is -2.42. The Hall–Kier alpha value is -1.88. The maximum atomic E-state index is 12.2. The summed E-state index contributed by atoms with van der Waals surface area (Å²) in [4.78, 5) is 25.5. The molecule has 1 fully saturated rings. The molecule has 5 heteroatoms. The zero-order valence-electron chi connectivity index (χ0n) is 11.0. The lowest BCUT2D eigenvalue weighted by Gasteiger charge is -2.17. The molecule has 1 aliphatic heterocycles. The minimum absolute atomic E-state index is 0.0516. The van der Waals surface area contributed by atoms with Gasteiger partial charge in [0, 0.05) is 24.7 Å². The minimum atomic E-state index is -0.425. The molecule has 0 bridgehead atoms. The highest BCUT2D eigenvalue weighted by Gasteiger charge is 2.33. The van der Waals surface area contributed by atoms with Gasteiger partial charge >= 0.3 is 0 Å². The molecule has 2 unspecified atom stereocenters. The van der Waals surface area contributed by atoms with E-state index in [0.717, 1.165) is 5.69 Å². The third-order valence-electron chi connectivity index (χ3n) is 3.12. The van der Waals surface area contributed by atoms with Crippen LogP contribution in [0.15, 0.2) is 30.3 Å². The second-order valence-corrected chi connectivity index (χ2v) is 4.92. The summed E-state index contributed by atoms with van der Waals surface area (Å²) < 4.78 is 0. The number of nitrogens with one attached hydrogen (secondary N) is 1. The molecule has 1 aromatic carbocycles. The molecule has 1 aromatic rings. The van der Waals surface area contributed by atoms with Crippen LogP contribution in [-0.2, 0) is 9.59 Å². The van der Waals surface area contributed by atoms with Crippen LogP contribution in [0.2, 0.25) is 0 Å². The number of hydrogen-bond donors (Lipinski definition) is 2. The SMILES string of the molecule is CC(N)CC(=O)NC1CCN(c2ccccc2)C1=O. The van der Waals surface area contributed by atoms with Crippen LogP contribution in [0.4, 0.5) is 5.69 Å². The maximum Gasteiger partial charge on any atom is 0.249 e. The third kappa shape index (κ3) is 3.32. The molecule has 0 saturated carbocycles. The van der Waals surface area contributed by atoms with E-state index in [2.05, 4.69) is 5.32 Å². The Morgan fingerprint density at radius 3 is 2.79 bits per heavy atom. The molecule has 102 valence electrons. The number of para-hydroxylation sites is 1. The summed E-state index contributed by atoms with van der Waals surface area (Å²) in [6.45, 7) is 2.40. The van der Waals surface area contributed by atoms with Gasteiger partial charge in [-0.3, -0.25) is 9.59 Å². The maximum absolute atomic E-state index is 12.2. The van der Waals surface area contributed by atoms with Crippen molar-refractivity contribution < 1.29 is 9.59 Å². The first-order chi connectivity index (χ1) is 9.08. The molecule has 1 aliphatic rings. The molecule has 2 amide bonds. The van der Waals surface area contributed by atoms with E-state index in [4.69, 9.17) is 5.73 Å². The van der Waals surface area contributed by atoms with Gasteiger partial charge < -0.3 is 16.0 Å². The molecular weight excluding hydrogens is 242 g/mol. The fourth-order valence-corrected chi connectivity index (χ4v) is 2.22. The van der Waals surface area contributed by atoms with Crippen LogP contribution >= 0.6 is 0 Å². The third-order valence-corrected chi connectivity index (χ3v) is 3.12.